The van der Waals surface area contributed by atoms with Gasteiger partial charge in [0.2, 0.25) is 0 Å². The Hall–Kier alpha value is -2.35. The molecule has 9 heteroatoms. The van der Waals surface area contributed by atoms with Gasteiger partial charge in [0.15, 0.2) is 11.2 Å². The highest BCUT2D eigenvalue weighted by molar-refractivity contribution is 7.22. The van der Waals surface area contributed by atoms with Gasteiger partial charge in [-0.05, 0) is 43.3 Å². The van der Waals surface area contributed by atoms with Gasteiger partial charge >= 0.3 is 5.97 Å². The minimum Gasteiger partial charge on any atom is -0.449 e. The molecule has 0 aliphatic carbocycles. The summed E-state index contributed by atoms with van der Waals surface area (Å²) in [5.41, 5.74) is 7.00. The fourth-order valence-corrected chi connectivity index (χ4v) is 3.29. The number of nitrogen functional groups attached to an aromatic ring is 1. The SMILES string of the molecule is CC(OC(=O)c1ccc2nc(N)sc2c1)C(=O)Nc1cc(Cl)ccc1Cl. The number of benzene rings is 2. The molecular formula is C17H13Cl2N3O3S. The zero-order chi connectivity index (χ0) is 18.8. The van der Waals surface area contributed by atoms with Crippen LogP contribution in [-0.4, -0.2) is 23.0 Å². The van der Waals surface area contributed by atoms with Gasteiger partial charge in [-0.3, -0.25) is 4.79 Å². The fraction of sp³-hybridized carbons (Fsp3) is 0.118. The van der Waals surface area contributed by atoms with Crippen molar-refractivity contribution in [2.24, 2.45) is 0 Å². The molecule has 1 atom stereocenters. The van der Waals surface area contributed by atoms with Gasteiger partial charge in [-0.15, -0.1) is 0 Å². The molecule has 0 fully saturated rings. The first-order valence-electron chi connectivity index (χ1n) is 7.46. The molecule has 0 saturated carbocycles. The first-order chi connectivity index (χ1) is 12.3. The molecule has 0 bridgehead atoms. The van der Waals surface area contributed by atoms with Crippen molar-refractivity contribution in [1.82, 2.24) is 4.98 Å². The zero-order valence-electron chi connectivity index (χ0n) is 13.5. The lowest BCUT2D eigenvalue weighted by Crippen LogP contribution is -2.30. The molecule has 1 aromatic heterocycles. The van der Waals surface area contributed by atoms with Gasteiger partial charge in [-0.2, -0.15) is 0 Å². The second-order valence-corrected chi connectivity index (χ2v) is 7.30. The number of hydrogen-bond acceptors (Lipinski definition) is 6. The minimum atomic E-state index is -1.03. The molecule has 0 saturated heterocycles. The number of carbonyl (C=O) groups is 2. The number of nitrogens with one attached hydrogen (secondary N) is 1. The summed E-state index contributed by atoms with van der Waals surface area (Å²) >= 11 is 13.2. The summed E-state index contributed by atoms with van der Waals surface area (Å²) in [6.07, 6.45) is -1.03. The predicted octanol–water partition coefficient (Wildman–Crippen LogP) is 4.37. The lowest BCUT2D eigenvalue weighted by atomic mass is 10.2. The van der Waals surface area contributed by atoms with Crippen molar-refractivity contribution >= 4 is 67.5 Å². The quantitative estimate of drug-likeness (QED) is 0.623. The zero-order valence-corrected chi connectivity index (χ0v) is 15.8. The third-order valence-corrected chi connectivity index (χ3v) is 4.89. The Morgan fingerprint density at radius 1 is 1.23 bits per heavy atom. The number of carbonyl (C=O) groups excluding carboxylic acids is 2. The van der Waals surface area contributed by atoms with E-state index >= 15 is 0 Å². The summed E-state index contributed by atoms with van der Waals surface area (Å²) in [7, 11) is 0. The first kappa shape index (κ1) is 18.4. The minimum absolute atomic E-state index is 0.307. The normalized spacial score (nSPS) is 12.0. The lowest BCUT2D eigenvalue weighted by molar-refractivity contribution is -0.123. The maximum absolute atomic E-state index is 12.3. The number of rotatable bonds is 4. The van der Waals surface area contributed by atoms with Gasteiger partial charge in [-0.25, -0.2) is 9.78 Å². The third kappa shape index (κ3) is 4.07. The van der Waals surface area contributed by atoms with E-state index < -0.39 is 18.0 Å². The van der Waals surface area contributed by atoms with Crippen LogP contribution in [0.5, 0.6) is 0 Å². The van der Waals surface area contributed by atoms with Crippen molar-refractivity contribution in [1.29, 1.82) is 0 Å². The van der Waals surface area contributed by atoms with Crippen molar-refractivity contribution in [3.05, 3.63) is 52.0 Å². The third-order valence-electron chi connectivity index (χ3n) is 3.48. The Morgan fingerprint density at radius 2 is 2.00 bits per heavy atom. The molecule has 3 aromatic rings. The van der Waals surface area contributed by atoms with Gasteiger partial charge in [-0.1, -0.05) is 34.5 Å². The Bertz CT molecular complexity index is 1010. The second kappa shape index (κ2) is 7.49. The highest BCUT2D eigenvalue weighted by atomic mass is 35.5. The van der Waals surface area contributed by atoms with Crippen LogP contribution in [0, 0.1) is 0 Å². The number of hydrogen-bond donors (Lipinski definition) is 2. The molecular weight excluding hydrogens is 397 g/mol. The number of amides is 1. The average Bonchev–Trinajstić information content (AvgIpc) is 2.97. The molecule has 1 unspecified atom stereocenters. The summed E-state index contributed by atoms with van der Waals surface area (Å²) < 4.78 is 5.99. The van der Waals surface area contributed by atoms with Crippen LogP contribution < -0.4 is 11.1 Å². The van der Waals surface area contributed by atoms with Gasteiger partial charge in [0.1, 0.15) is 0 Å². The molecule has 2 aromatic carbocycles. The van der Waals surface area contributed by atoms with E-state index in [-0.39, 0.29) is 0 Å². The van der Waals surface area contributed by atoms with Gasteiger partial charge in [0, 0.05) is 5.02 Å². The molecule has 1 amide bonds. The van der Waals surface area contributed by atoms with E-state index in [0.29, 0.717) is 31.9 Å². The topological polar surface area (TPSA) is 94.3 Å². The van der Waals surface area contributed by atoms with Crippen LogP contribution in [0.1, 0.15) is 17.3 Å². The van der Waals surface area contributed by atoms with Gasteiger partial charge < -0.3 is 15.8 Å². The molecule has 0 aliphatic rings. The Balaban J connectivity index is 1.69. The summed E-state index contributed by atoms with van der Waals surface area (Å²) in [5.74, 6) is -1.15. The van der Waals surface area contributed by atoms with Crippen LogP contribution in [0.25, 0.3) is 10.2 Å². The number of fused-ring (bicyclic) bond motifs is 1. The first-order valence-corrected chi connectivity index (χ1v) is 9.03. The molecule has 0 radical (unpaired) electrons. The lowest BCUT2D eigenvalue weighted by Gasteiger charge is -2.14. The van der Waals surface area contributed by atoms with Crippen molar-refractivity contribution in [2.75, 3.05) is 11.1 Å². The van der Waals surface area contributed by atoms with E-state index in [2.05, 4.69) is 10.3 Å². The van der Waals surface area contributed by atoms with Crippen LogP contribution in [0.2, 0.25) is 10.0 Å². The average molecular weight is 410 g/mol. The monoisotopic (exact) mass is 409 g/mol. The summed E-state index contributed by atoms with van der Waals surface area (Å²) in [6.45, 7) is 1.47. The van der Waals surface area contributed by atoms with Gasteiger partial charge in [0.05, 0.1) is 26.5 Å². The van der Waals surface area contributed by atoms with Crippen LogP contribution in [-0.2, 0) is 9.53 Å². The molecule has 1 heterocycles. The molecule has 0 aliphatic heterocycles. The number of ether oxygens (including phenoxy) is 1. The predicted molar refractivity (Wildman–Crippen MR) is 104 cm³/mol. The molecule has 0 spiro atoms. The summed E-state index contributed by atoms with van der Waals surface area (Å²) in [6, 6.07) is 9.55. The number of nitrogens with two attached hydrogens (primary N) is 1. The highest BCUT2D eigenvalue weighted by Crippen LogP contribution is 2.26. The molecule has 134 valence electrons. The summed E-state index contributed by atoms with van der Waals surface area (Å²) in [5, 5.41) is 3.75. The van der Waals surface area contributed by atoms with Crippen LogP contribution in [0.15, 0.2) is 36.4 Å². The van der Waals surface area contributed by atoms with Crippen molar-refractivity contribution in [3.8, 4) is 0 Å². The van der Waals surface area contributed by atoms with Crippen LogP contribution in [0.3, 0.4) is 0 Å². The number of thiazole rings is 1. The second-order valence-electron chi connectivity index (χ2n) is 5.40. The number of esters is 1. The Kier molecular flexibility index (Phi) is 5.31. The molecule has 6 nitrogen and oxygen atoms in total. The maximum Gasteiger partial charge on any atom is 0.338 e. The number of anilines is 2. The highest BCUT2D eigenvalue weighted by Gasteiger charge is 2.20. The fourth-order valence-electron chi connectivity index (χ4n) is 2.18. The van der Waals surface area contributed by atoms with Crippen LogP contribution >= 0.6 is 34.5 Å². The maximum atomic E-state index is 12.3. The van der Waals surface area contributed by atoms with E-state index in [1.807, 2.05) is 0 Å². The molecule has 26 heavy (non-hydrogen) atoms. The van der Waals surface area contributed by atoms with Crippen molar-refractivity contribution < 1.29 is 14.3 Å². The standard InChI is InChI=1S/C17H13Cl2N3O3S/c1-8(15(23)21-13-7-10(18)3-4-11(13)19)25-16(24)9-2-5-12-14(6-9)26-17(20)22-12/h2-8H,1H3,(H2,20,22)(H,21,23). The van der Waals surface area contributed by atoms with Crippen LogP contribution in [0.4, 0.5) is 10.8 Å². The summed E-state index contributed by atoms with van der Waals surface area (Å²) in [4.78, 5) is 28.7. The Labute approximate surface area is 162 Å². The van der Waals surface area contributed by atoms with Gasteiger partial charge in [0.25, 0.3) is 5.91 Å². The van der Waals surface area contributed by atoms with E-state index in [4.69, 9.17) is 33.7 Å². The van der Waals surface area contributed by atoms with Crippen molar-refractivity contribution in [3.63, 3.8) is 0 Å². The largest absolute Gasteiger partial charge is 0.449 e. The molecule has 3 N–H and O–H groups in total. The van der Waals surface area contributed by atoms with E-state index in [9.17, 15) is 9.59 Å². The van der Waals surface area contributed by atoms with E-state index in [1.54, 1.807) is 30.3 Å². The van der Waals surface area contributed by atoms with E-state index in [1.165, 1.54) is 24.3 Å². The number of nitrogens with zero attached hydrogens (tertiary/aromatic N) is 1. The Morgan fingerprint density at radius 3 is 2.77 bits per heavy atom. The number of halogens is 2. The smallest absolute Gasteiger partial charge is 0.338 e. The van der Waals surface area contributed by atoms with E-state index in [0.717, 1.165) is 4.70 Å². The molecule has 3 rings (SSSR count). The number of aromatic nitrogens is 1. The van der Waals surface area contributed by atoms with Crippen molar-refractivity contribution in [2.45, 2.75) is 13.0 Å².